The lowest BCUT2D eigenvalue weighted by Crippen LogP contribution is -2.42. The first kappa shape index (κ1) is 18.0. The third-order valence-electron chi connectivity index (χ3n) is 4.84. The number of benzene rings is 2. The highest BCUT2D eigenvalue weighted by Crippen LogP contribution is 2.24. The smallest absolute Gasteiger partial charge is 0.249 e. The summed E-state index contributed by atoms with van der Waals surface area (Å²) in [4.78, 5) is 26.8. The topological polar surface area (TPSA) is 58.6 Å². The number of carbonyl (C=O) groups excluding carboxylic acids is 2. The number of nitrogens with zero attached hydrogens (tertiary/aromatic N) is 1. The minimum absolute atomic E-state index is 0.0488. The molecule has 1 atom stereocenters. The van der Waals surface area contributed by atoms with E-state index in [4.69, 9.17) is 4.74 Å². The van der Waals surface area contributed by atoms with Crippen molar-refractivity contribution in [2.75, 3.05) is 18.6 Å². The molecule has 0 unspecified atom stereocenters. The molecule has 1 aliphatic heterocycles. The van der Waals surface area contributed by atoms with Crippen LogP contribution in [0.2, 0.25) is 0 Å². The summed E-state index contributed by atoms with van der Waals surface area (Å²) >= 11 is 0. The number of rotatable bonds is 5. The zero-order chi connectivity index (χ0) is 18.7. The number of aryl methyl sites for hydroxylation is 2. The molecule has 2 amide bonds. The summed E-state index contributed by atoms with van der Waals surface area (Å²) in [6.07, 6.45) is 0.847. The van der Waals surface area contributed by atoms with Gasteiger partial charge in [0.25, 0.3) is 0 Å². The van der Waals surface area contributed by atoms with Gasteiger partial charge in [-0.05, 0) is 61.2 Å². The summed E-state index contributed by atoms with van der Waals surface area (Å²) < 4.78 is 5.18. The van der Waals surface area contributed by atoms with E-state index in [2.05, 4.69) is 5.32 Å². The molecule has 0 spiro atoms. The Morgan fingerprint density at radius 1 is 1.19 bits per heavy atom. The van der Waals surface area contributed by atoms with Gasteiger partial charge in [-0.1, -0.05) is 18.2 Å². The highest BCUT2D eigenvalue weighted by Gasteiger charge is 2.33. The molecule has 0 radical (unpaired) electrons. The van der Waals surface area contributed by atoms with Crippen LogP contribution in [0.5, 0.6) is 5.75 Å². The van der Waals surface area contributed by atoms with Crippen LogP contribution >= 0.6 is 0 Å². The maximum Gasteiger partial charge on any atom is 0.249 e. The Labute approximate surface area is 154 Å². The van der Waals surface area contributed by atoms with E-state index in [1.807, 2.05) is 56.3 Å². The van der Waals surface area contributed by atoms with Gasteiger partial charge in [0, 0.05) is 12.2 Å². The SMILES string of the molecule is COc1cccc(CC(=O)N[C@@H]2CCN(c3ccc(C)c(C)c3)C2=O)c1. The molecule has 1 N–H and O–H groups in total. The fourth-order valence-corrected chi connectivity index (χ4v) is 3.18. The van der Waals surface area contributed by atoms with Crippen LogP contribution in [-0.4, -0.2) is 31.5 Å². The van der Waals surface area contributed by atoms with Gasteiger partial charge < -0.3 is 15.0 Å². The zero-order valence-corrected chi connectivity index (χ0v) is 15.4. The predicted octanol–water partition coefficient (Wildman–Crippen LogP) is 2.78. The van der Waals surface area contributed by atoms with Gasteiger partial charge in [-0.2, -0.15) is 0 Å². The quantitative estimate of drug-likeness (QED) is 0.900. The van der Waals surface area contributed by atoms with Crippen molar-refractivity contribution in [1.82, 2.24) is 5.32 Å². The summed E-state index contributed by atoms with van der Waals surface area (Å²) in [5.41, 5.74) is 4.10. The molecule has 0 aromatic heterocycles. The Morgan fingerprint density at radius 2 is 2.00 bits per heavy atom. The van der Waals surface area contributed by atoms with Crippen LogP contribution in [0.15, 0.2) is 42.5 Å². The van der Waals surface area contributed by atoms with Crippen LogP contribution in [0, 0.1) is 13.8 Å². The van der Waals surface area contributed by atoms with Gasteiger partial charge in [0.1, 0.15) is 11.8 Å². The van der Waals surface area contributed by atoms with E-state index in [0.29, 0.717) is 18.7 Å². The van der Waals surface area contributed by atoms with Crippen LogP contribution in [-0.2, 0) is 16.0 Å². The summed E-state index contributed by atoms with van der Waals surface area (Å²) in [7, 11) is 1.59. The van der Waals surface area contributed by atoms with Crippen molar-refractivity contribution in [3.8, 4) is 5.75 Å². The van der Waals surface area contributed by atoms with E-state index in [0.717, 1.165) is 16.8 Å². The Morgan fingerprint density at radius 3 is 2.73 bits per heavy atom. The predicted molar refractivity (Wildman–Crippen MR) is 102 cm³/mol. The first-order chi connectivity index (χ1) is 12.5. The maximum absolute atomic E-state index is 12.7. The maximum atomic E-state index is 12.7. The van der Waals surface area contributed by atoms with Crippen molar-refractivity contribution in [3.05, 3.63) is 59.2 Å². The third-order valence-corrected chi connectivity index (χ3v) is 4.84. The van der Waals surface area contributed by atoms with Gasteiger partial charge in [0.15, 0.2) is 0 Å². The molecular formula is C21H24N2O3. The van der Waals surface area contributed by atoms with Crippen LogP contribution in [0.4, 0.5) is 5.69 Å². The molecule has 1 aliphatic rings. The second-order valence-electron chi connectivity index (χ2n) is 6.70. The van der Waals surface area contributed by atoms with Crippen molar-refractivity contribution >= 4 is 17.5 Å². The lowest BCUT2D eigenvalue weighted by atomic mass is 10.1. The first-order valence-corrected chi connectivity index (χ1v) is 8.79. The Kier molecular flexibility index (Phi) is 5.26. The Bertz CT molecular complexity index is 832. The largest absolute Gasteiger partial charge is 0.497 e. The number of anilines is 1. The van der Waals surface area contributed by atoms with Crippen molar-refractivity contribution in [2.24, 2.45) is 0 Å². The fourth-order valence-electron chi connectivity index (χ4n) is 3.18. The molecule has 136 valence electrons. The molecule has 1 saturated heterocycles. The van der Waals surface area contributed by atoms with Gasteiger partial charge in [-0.3, -0.25) is 9.59 Å². The van der Waals surface area contributed by atoms with Gasteiger partial charge >= 0.3 is 0 Å². The third kappa shape index (κ3) is 3.87. The summed E-state index contributed by atoms with van der Waals surface area (Å²) in [5.74, 6) is 0.513. The second-order valence-corrected chi connectivity index (χ2v) is 6.70. The average Bonchev–Trinajstić information content (AvgIpc) is 2.98. The summed E-state index contributed by atoms with van der Waals surface area (Å²) in [5, 5.41) is 2.87. The number of amides is 2. The molecule has 5 heteroatoms. The van der Waals surface area contributed by atoms with Crippen LogP contribution < -0.4 is 15.0 Å². The highest BCUT2D eigenvalue weighted by molar-refractivity contribution is 6.01. The summed E-state index contributed by atoms with van der Waals surface area (Å²) in [6, 6.07) is 12.9. The monoisotopic (exact) mass is 352 g/mol. The van der Waals surface area contributed by atoms with E-state index in [9.17, 15) is 9.59 Å². The van der Waals surface area contributed by atoms with E-state index >= 15 is 0 Å². The number of carbonyl (C=O) groups is 2. The van der Waals surface area contributed by atoms with Crippen LogP contribution in [0.1, 0.15) is 23.1 Å². The van der Waals surface area contributed by atoms with Gasteiger partial charge in [0.2, 0.25) is 11.8 Å². The zero-order valence-electron chi connectivity index (χ0n) is 15.4. The fraction of sp³-hybridized carbons (Fsp3) is 0.333. The Balaban J connectivity index is 1.62. The number of ether oxygens (including phenoxy) is 1. The molecule has 1 heterocycles. The summed E-state index contributed by atoms with van der Waals surface area (Å²) in [6.45, 7) is 4.70. The normalized spacial score (nSPS) is 16.7. The van der Waals surface area contributed by atoms with E-state index in [-0.39, 0.29) is 18.2 Å². The van der Waals surface area contributed by atoms with Gasteiger partial charge in [-0.15, -0.1) is 0 Å². The molecule has 3 rings (SSSR count). The van der Waals surface area contributed by atoms with Crippen LogP contribution in [0.3, 0.4) is 0 Å². The minimum Gasteiger partial charge on any atom is -0.497 e. The molecule has 26 heavy (non-hydrogen) atoms. The molecule has 2 aromatic rings. The molecule has 5 nitrogen and oxygen atoms in total. The molecule has 0 saturated carbocycles. The lowest BCUT2D eigenvalue weighted by molar-refractivity contribution is -0.126. The number of hydrogen-bond donors (Lipinski definition) is 1. The standard InChI is InChI=1S/C21H24N2O3/c1-14-7-8-17(11-15(14)2)23-10-9-19(21(23)25)22-20(24)13-16-5-4-6-18(12-16)26-3/h4-8,11-12,19H,9-10,13H2,1-3H3,(H,22,24)/t19-/m1/s1. The van der Waals surface area contributed by atoms with Crippen molar-refractivity contribution in [2.45, 2.75) is 32.7 Å². The van der Waals surface area contributed by atoms with E-state index in [1.165, 1.54) is 5.56 Å². The molecule has 0 bridgehead atoms. The molecule has 1 fully saturated rings. The van der Waals surface area contributed by atoms with E-state index < -0.39 is 6.04 Å². The minimum atomic E-state index is -0.463. The second kappa shape index (κ2) is 7.60. The molecular weight excluding hydrogens is 328 g/mol. The number of nitrogens with one attached hydrogen (secondary N) is 1. The molecule has 0 aliphatic carbocycles. The van der Waals surface area contributed by atoms with Crippen molar-refractivity contribution in [1.29, 1.82) is 0 Å². The Hall–Kier alpha value is -2.82. The number of hydrogen-bond acceptors (Lipinski definition) is 3. The van der Waals surface area contributed by atoms with Crippen molar-refractivity contribution < 1.29 is 14.3 Å². The number of methoxy groups -OCH3 is 1. The average molecular weight is 352 g/mol. The van der Waals surface area contributed by atoms with Crippen LogP contribution in [0.25, 0.3) is 0 Å². The van der Waals surface area contributed by atoms with Gasteiger partial charge in [0.05, 0.1) is 13.5 Å². The van der Waals surface area contributed by atoms with Crippen molar-refractivity contribution in [3.63, 3.8) is 0 Å². The lowest BCUT2D eigenvalue weighted by Gasteiger charge is -2.18. The van der Waals surface area contributed by atoms with E-state index in [1.54, 1.807) is 12.0 Å². The van der Waals surface area contributed by atoms with Gasteiger partial charge in [-0.25, -0.2) is 0 Å². The first-order valence-electron chi connectivity index (χ1n) is 8.79. The molecule has 2 aromatic carbocycles. The highest BCUT2D eigenvalue weighted by atomic mass is 16.5.